The van der Waals surface area contributed by atoms with Gasteiger partial charge in [-0.15, -0.1) is 5.92 Å². The van der Waals surface area contributed by atoms with Gasteiger partial charge in [0.25, 0.3) is 0 Å². The largest absolute Gasteiger partial charge is 0.412 e. The second kappa shape index (κ2) is 10.6. The van der Waals surface area contributed by atoms with E-state index in [0.717, 1.165) is 31.2 Å². The molecule has 0 radical (unpaired) electrons. The Labute approximate surface area is 164 Å². The number of carbonyl (C=O) groups is 1. The van der Waals surface area contributed by atoms with E-state index in [-0.39, 0.29) is 22.7 Å². The molecule has 0 bridgehead atoms. The third-order valence-corrected chi connectivity index (χ3v) is 5.14. The van der Waals surface area contributed by atoms with E-state index in [1.54, 1.807) is 0 Å². The van der Waals surface area contributed by atoms with Crippen LogP contribution < -0.4 is 5.32 Å². The number of carbonyl (C=O) groups excluding carboxylic acids is 1. The Morgan fingerprint density at radius 2 is 1.74 bits per heavy atom. The van der Waals surface area contributed by atoms with Gasteiger partial charge in [-0.2, -0.15) is 0 Å². The third kappa shape index (κ3) is 6.77. The van der Waals surface area contributed by atoms with Crippen LogP contribution in [0.1, 0.15) is 71.3 Å². The fourth-order valence-corrected chi connectivity index (χ4v) is 3.66. The topological polar surface area (TPSA) is 80.8 Å². The highest BCUT2D eigenvalue weighted by atomic mass is 16.3. The standard InChI is InChI=1S/C23H33NO2.H2O/c1-22(2,3)24-18-12-6-11-17-21(25)23(26,19-13-7-4-8-14-19)20-15-9-5-10-16-20;/h4,7-8,13-14,20,24,26H,5,9-11,15-18H2,1-3H3;1H2. The predicted molar refractivity (Wildman–Crippen MR) is 110 cm³/mol. The van der Waals surface area contributed by atoms with Crippen LogP contribution in [0.15, 0.2) is 30.3 Å². The molecule has 4 heteroatoms. The van der Waals surface area contributed by atoms with Crippen molar-refractivity contribution in [2.75, 3.05) is 6.54 Å². The van der Waals surface area contributed by atoms with E-state index in [2.05, 4.69) is 37.9 Å². The summed E-state index contributed by atoms with van der Waals surface area (Å²) >= 11 is 0. The summed E-state index contributed by atoms with van der Waals surface area (Å²) in [5, 5.41) is 14.8. The van der Waals surface area contributed by atoms with Gasteiger partial charge in [-0.25, -0.2) is 0 Å². The van der Waals surface area contributed by atoms with Crippen molar-refractivity contribution >= 4 is 5.78 Å². The molecule has 1 aromatic rings. The summed E-state index contributed by atoms with van der Waals surface area (Å²) in [6, 6.07) is 9.47. The van der Waals surface area contributed by atoms with Crippen LogP contribution >= 0.6 is 0 Å². The zero-order chi connectivity index (χ0) is 19.0. The van der Waals surface area contributed by atoms with Gasteiger partial charge in [0.05, 0.1) is 6.54 Å². The van der Waals surface area contributed by atoms with E-state index >= 15 is 0 Å². The normalized spacial score (nSPS) is 17.2. The van der Waals surface area contributed by atoms with Crippen molar-refractivity contribution < 1.29 is 15.4 Å². The molecule has 4 nitrogen and oxygen atoms in total. The lowest BCUT2D eigenvalue weighted by Crippen LogP contribution is -2.44. The number of hydrogen-bond donors (Lipinski definition) is 2. The maximum Gasteiger partial charge on any atom is 0.170 e. The summed E-state index contributed by atoms with van der Waals surface area (Å²) in [6.45, 7) is 6.91. The Morgan fingerprint density at radius 3 is 2.33 bits per heavy atom. The minimum atomic E-state index is -1.37. The van der Waals surface area contributed by atoms with Crippen molar-refractivity contribution in [2.45, 2.75) is 76.9 Å². The molecule has 0 aliphatic heterocycles. The van der Waals surface area contributed by atoms with Crippen LogP contribution in [0.2, 0.25) is 0 Å². The summed E-state index contributed by atoms with van der Waals surface area (Å²) in [4.78, 5) is 13.0. The number of hydrogen-bond acceptors (Lipinski definition) is 3. The fourth-order valence-electron chi connectivity index (χ4n) is 3.66. The Balaban J connectivity index is 0.00000364. The molecule has 150 valence electrons. The maximum atomic E-state index is 13.0. The van der Waals surface area contributed by atoms with Crippen molar-refractivity contribution in [1.29, 1.82) is 0 Å². The fraction of sp³-hybridized carbons (Fsp3) is 0.609. The third-order valence-electron chi connectivity index (χ3n) is 5.14. The lowest BCUT2D eigenvalue weighted by Gasteiger charge is -2.37. The van der Waals surface area contributed by atoms with Gasteiger partial charge >= 0.3 is 0 Å². The first-order valence-electron chi connectivity index (χ1n) is 9.86. The van der Waals surface area contributed by atoms with Crippen LogP contribution in [0, 0.1) is 17.8 Å². The van der Waals surface area contributed by atoms with Crippen LogP contribution in [0.5, 0.6) is 0 Å². The van der Waals surface area contributed by atoms with Gasteiger partial charge in [-0.05, 0) is 45.1 Å². The molecule has 0 aromatic heterocycles. The predicted octanol–water partition coefficient (Wildman–Crippen LogP) is 3.37. The van der Waals surface area contributed by atoms with E-state index < -0.39 is 5.60 Å². The summed E-state index contributed by atoms with van der Waals surface area (Å²) in [7, 11) is 0. The number of rotatable bonds is 6. The quantitative estimate of drug-likeness (QED) is 0.750. The molecule has 27 heavy (non-hydrogen) atoms. The molecule has 0 saturated heterocycles. The molecule has 0 spiro atoms. The molecule has 1 aromatic carbocycles. The van der Waals surface area contributed by atoms with Crippen molar-refractivity contribution in [3.8, 4) is 11.8 Å². The lowest BCUT2D eigenvalue weighted by atomic mass is 9.70. The van der Waals surface area contributed by atoms with Gasteiger partial charge in [-0.1, -0.05) is 55.5 Å². The molecule has 2 rings (SSSR count). The van der Waals surface area contributed by atoms with Crippen LogP contribution in [0.3, 0.4) is 0 Å². The van der Waals surface area contributed by atoms with Gasteiger partial charge < -0.3 is 15.9 Å². The Bertz CT molecular complexity index is 633. The number of ketones is 1. The minimum absolute atomic E-state index is 0. The molecule has 4 N–H and O–H groups in total. The minimum Gasteiger partial charge on any atom is -0.412 e. The van der Waals surface area contributed by atoms with E-state index in [1.807, 2.05) is 30.3 Å². The van der Waals surface area contributed by atoms with Gasteiger partial charge in [0, 0.05) is 18.4 Å². The summed E-state index contributed by atoms with van der Waals surface area (Å²) < 4.78 is 0. The Hall–Kier alpha value is -1.67. The van der Waals surface area contributed by atoms with E-state index in [4.69, 9.17) is 0 Å². The van der Waals surface area contributed by atoms with Gasteiger partial charge in [0.1, 0.15) is 0 Å². The van der Waals surface area contributed by atoms with Crippen molar-refractivity contribution in [1.82, 2.24) is 5.32 Å². The first-order chi connectivity index (χ1) is 12.3. The van der Waals surface area contributed by atoms with Crippen LogP contribution in [-0.2, 0) is 10.4 Å². The average Bonchev–Trinajstić information content (AvgIpc) is 2.64. The number of Topliss-reactive ketones (excluding diaryl/α,β-unsaturated/α-hetero) is 1. The zero-order valence-electron chi connectivity index (χ0n) is 17.0. The Morgan fingerprint density at radius 1 is 1.11 bits per heavy atom. The van der Waals surface area contributed by atoms with Gasteiger partial charge in [0.15, 0.2) is 11.4 Å². The van der Waals surface area contributed by atoms with Crippen molar-refractivity contribution in [3.63, 3.8) is 0 Å². The summed E-state index contributed by atoms with van der Waals surface area (Å²) in [6.07, 6.45) is 5.99. The maximum absolute atomic E-state index is 13.0. The highest BCUT2D eigenvalue weighted by Crippen LogP contribution is 2.40. The first-order valence-corrected chi connectivity index (χ1v) is 9.86. The van der Waals surface area contributed by atoms with Gasteiger partial charge in [0.2, 0.25) is 0 Å². The van der Waals surface area contributed by atoms with Gasteiger partial charge in [-0.3, -0.25) is 4.79 Å². The highest BCUT2D eigenvalue weighted by molar-refractivity contribution is 5.88. The molecule has 1 aliphatic rings. The summed E-state index contributed by atoms with van der Waals surface area (Å²) in [5.41, 5.74) is -0.592. The van der Waals surface area contributed by atoms with Crippen molar-refractivity contribution in [3.05, 3.63) is 35.9 Å². The summed E-state index contributed by atoms with van der Waals surface area (Å²) in [5.74, 6) is 6.07. The van der Waals surface area contributed by atoms with Crippen LogP contribution in [0.4, 0.5) is 0 Å². The molecule has 1 atom stereocenters. The monoisotopic (exact) mass is 373 g/mol. The molecular formula is C23H35NO3. The molecular weight excluding hydrogens is 338 g/mol. The second-order valence-corrected chi connectivity index (χ2v) is 8.35. The van der Waals surface area contributed by atoms with Crippen LogP contribution in [0.25, 0.3) is 0 Å². The second-order valence-electron chi connectivity index (χ2n) is 8.35. The first kappa shape index (κ1) is 23.4. The number of aliphatic hydroxyl groups is 1. The molecule has 0 amide bonds. The molecule has 1 saturated carbocycles. The SMILES string of the molecule is CC(C)(C)NCC#CCCC(=O)C(O)(c1ccccc1)C1CCCCC1.O. The van der Waals surface area contributed by atoms with E-state index in [9.17, 15) is 9.90 Å². The molecule has 0 heterocycles. The number of nitrogens with one attached hydrogen (secondary N) is 1. The lowest BCUT2D eigenvalue weighted by molar-refractivity contribution is -0.146. The number of benzene rings is 1. The zero-order valence-corrected chi connectivity index (χ0v) is 17.0. The smallest absolute Gasteiger partial charge is 0.170 e. The van der Waals surface area contributed by atoms with E-state index in [1.165, 1.54) is 6.42 Å². The van der Waals surface area contributed by atoms with Crippen molar-refractivity contribution in [2.24, 2.45) is 5.92 Å². The average molecular weight is 374 g/mol. The Kier molecular flexibility index (Phi) is 9.18. The molecule has 1 unspecified atom stereocenters. The van der Waals surface area contributed by atoms with Crippen LogP contribution in [-0.4, -0.2) is 28.4 Å². The van der Waals surface area contributed by atoms with E-state index in [0.29, 0.717) is 19.4 Å². The molecule has 1 aliphatic carbocycles. The highest BCUT2D eigenvalue weighted by Gasteiger charge is 2.44. The molecule has 1 fully saturated rings.